The van der Waals surface area contributed by atoms with Crippen LogP contribution in [0, 0.1) is 5.92 Å². The van der Waals surface area contributed by atoms with E-state index in [0.717, 1.165) is 26.1 Å². The smallest absolute Gasteiger partial charge is 0.174 e. The van der Waals surface area contributed by atoms with Crippen LogP contribution < -0.4 is 0 Å². The fraction of sp³-hybridized carbons (Fsp3) is 0.571. The van der Waals surface area contributed by atoms with Gasteiger partial charge in [0.25, 0.3) is 0 Å². The molecule has 1 aliphatic rings. The third-order valence-corrected chi connectivity index (χ3v) is 3.15. The van der Waals surface area contributed by atoms with Crippen molar-refractivity contribution in [2.75, 3.05) is 13.2 Å². The van der Waals surface area contributed by atoms with Crippen LogP contribution in [0.15, 0.2) is 30.3 Å². The number of hydrogen-bond donors (Lipinski definition) is 0. The Kier molecular flexibility index (Phi) is 3.62. The molecule has 0 spiro atoms. The Labute approximate surface area is 97.6 Å². The average molecular weight is 220 g/mol. The van der Waals surface area contributed by atoms with Gasteiger partial charge in [-0.3, -0.25) is 0 Å². The highest BCUT2D eigenvalue weighted by atomic mass is 16.7. The molecule has 0 radical (unpaired) electrons. The van der Waals surface area contributed by atoms with Crippen LogP contribution in [0.5, 0.6) is 0 Å². The molecule has 0 N–H and O–H groups in total. The number of ether oxygens (including phenoxy) is 2. The van der Waals surface area contributed by atoms with Gasteiger partial charge in [-0.2, -0.15) is 0 Å². The minimum Gasteiger partial charge on any atom is -0.349 e. The van der Waals surface area contributed by atoms with Crippen LogP contribution in [0.4, 0.5) is 0 Å². The van der Waals surface area contributed by atoms with Crippen LogP contribution in [0.25, 0.3) is 0 Å². The second-order valence-corrected chi connectivity index (χ2v) is 4.68. The first kappa shape index (κ1) is 11.6. The van der Waals surface area contributed by atoms with Gasteiger partial charge in [0.1, 0.15) is 0 Å². The lowest BCUT2D eigenvalue weighted by Crippen LogP contribution is -2.47. The van der Waals surface area contributed by atoms with Crippen molar-refractivity contribution in [1.82, 2.24) is 0 Å². The first-order valence-corrected chi connectivity index (χ1v) is 6.05. The van der Waals surface area contributed by atoms with Crippen LogP contribution in [0.2, 0.25) is 0 Å². The van der Waals surface area contributed by atoms with Gasteiger partial charge in [0.05, 0.1) is 13.2 Å². The summed E-state index contributed by atoms with van der Waals surface area (Å²) >= 11 is 0. The van der Waals surface area contributed by atoms with Crippen molar-refractivity contribution in [2.24, 2.45) is 5.92 Å². The van der Waals surface area contributed by atoms with Gasteiger partial charge in [-0.15, -0.1) is 0 Å². The van der Waals surface area contributed by atoms with Crippen LogP contribution in [0.3, 0.4) is 0 Å². The van der Waals surface area contributed by atoms with E-state index in [9.17, 15) is 0 Å². The predicted octanol–water partition coefficient (Wildman–Crippen LogP) is 3.02. The molecular weight excluding hydrogens is 200 g/mol. The van der Waals surface area contributed by atoms with Gasteiger partial charge >= 0.3 is 0 Å². The maximum atomic E-state index is 5.91. The van der Waals surface area contributed by atoms with Crippen LogP contribution >= 0.6 is 0 Å². The van der Waals surface area contributed by atoms with Crippen molar-refractivity contribution in [1.29, 1.82) is 0 Å². The fourth-order valence-electron chi connectivity index (χ4n) is 2.11. The molecule has 1 saturated heterocycles. The van der Waals surface area contributed by atoms with Crippen LogP contribution in [-0.4, -0.2) is 19.0 Å². The third kappa shape index (κ3) is 2.45. The van der Waals surface area contributed by atoms with Crippen molar-refractivity contribution in [3.63, 3.8) is 0 Å². The Hall–Kier alpha value is -0.860. The zero-order valence-electron chi connectivity index (χ0n) is 10.1. The van der Waals surface area contributed by atoms with E-state index in [0.29, 0.717) is 5.92 Å². The SMILES string of the molecule is CC(C)C1(Cc2ccccc2)OCCCO1. The Bertz CT molecular complexity index is 313. The summed E-state index contributed by atoms with van der Waals surface area (Å²) < 4.78 is 11.8. The fourth-order valence-corrected chi connectivity index (χ4v) is 2.11. The average Bonchev–Trinajstić information content (AvgIpc) is 2.31. The Morgan fingerprint density at radius 3 is 2.31 bits per heavy atom. The molecule has 2 rings (SSSR count). The summed E-state index contributed by atoms with van der Waals surface area (Å²) in [5, 5.41) is 0. The minimum absolute atomic E-state index is 0.369. The van der Waals surface area contributed by atoms with Gasteiger partial charge in [-0.25, -0.2) is 0 Å². The molecule has 2 nitrogen and oxygen atoms in total. The Morgan fingerprint density at radius 2 is 1.75 bits per heavy atom. The van der Waals surface area contributed by atoms with Gasteiger partial charge in [0, 0.05) is 12.3 Å². The molecular formula is C14H20O2. The normalized spacial score (nSPS) is 19.9. The van der Waals surface area contributed by atoms with E-state index in [4.69, 9.17) is 9.47 Å². The molecule has 0 atom stereocenters. The standard InChI is InChI=1S/C14H20O2/c1-12(2)14(15-9-6-10-16-14)11-13-7-4-3-5-8-13/h3-5,7-8,12H,6,9-11H2,1-2H3. The topological polar surface area (TPSA) is 18.5 Å². The summed E-state index contributed by atoms with van der Waals surface area (Å²) in [6.45, 7) is 5.94. The molecule has 2 heteroatoms. The van der Waals surface area contributed by atoms with Crippen molar-refractivity contribution < 1.29 is 9.47 Å². The molecule has 0 unspecified atom stereocenters. The highest BCUT2D eigenvalue weighted by Crippen LogP contribution is 2.31. The summed E-state index contributed by atoms with van der Waals surface area (Å²) in [5.41, 5.74) is 1.28. The number of rotatable bonds is 3. The monoisotopic (exact) mass is 220 g/mol. The molecule has 1 aromatic rings. The molecule has 0 amide bonds. The van der Waals surface area contributed by atoms with E-state index in [1.54, 1.807) is 0 Å². The molecule has 0 aromatic heterocycles. The molecule has 0 aliphatic carbocycles. The summed E-state index contributed by atoms with van der Waals surface area (Å²) in [5.74, 6) is -0.0485. The van der Waals surface area contributed by atoms with Gasteiger partial charge < -0.3 is 9.47 Å². The van der Waals surface area contributed by atoms with E-state index in [-0.39, 0.29) is 0 Å². The van der Waals surface area contributed by atoms with Gasteiger partial charge in [-0.1, -0.05) is 44.2 Å². The minimum atomic E-state index is -0.417. The van der Waals surface area contributed by atoms with Crippen molar-refractivity contribution in [2.45, 2.75) is 32.5 Å². The molecule has 1 heterocycles. The largest absolute Gasteiger partial charge is 0.349 e. The Morgan fingerprint density at radius 1 is 1.12 bits per heavy atom. The molecule has 16 heavy (non-hydrogen) atoms. The van der Waals surface area contributed by atoms with Gasteiger partial charge in [0.15, 0.2) is 5.79 Å². The molecule has 0 saturated carbocycles. The van der Waals surface area contributed by atoms with Crippen molar-refractivity contribution in [3.8, 4) is 0 Å². The maximum Gasteiger partial charge on any atom is 0.174 e. The van der Waals surface area contributed by atoms with Crippen molar-refractivity contribution >= 4 is 0 Å². The third-order valence-electron chi connectivity index (χ3n) is 3.15. The van der Waals surface area contributed by atoms with Crippen molar-refractivity contribution in [3.05, 3.63) is 35.9 Å². The molecule has 0 bridgehead atoms. The number of hydrogen-bond acceptors (Lipinski definition) is 2. The summed E-state index contributed by atoms with van der Waals surface area (Å²) in [7, 11) is 0. The van der Waals surface area contributed by atoms with Crippen LogP contribution in [-0.2, 0) is 15.9 Å². The maximum absolute atomic E-state index is 5.91. The second kappa shape index (κ2) is 4.98. The van der Waals surface area contributed by atoms with E-state index < -0.39 is 5.79 Å². The second-order valence-electron chi connectivity index (χ2n) is 4.68. The molecule has 1 aromatic carbocycles. The predicted molar refractivity (Wildman–Crippen MR) is 64.2 cm³/mol. The summed E-state index contributed by atoms with van der Waals surface area (Å²) in [4.78, 5) is 0. The highest BCUT2D eigenvalue weighted by molar-refractivity contribution is 5.16. The lowest BCUT2D eigenvalue weighted by molar-refractivity contribution is -0.288. The quantitative estimate of drug-likeness (QED) is 0.779. The molecule has 88 valence electrons. The van der Waals surface area contributed by atoms with Crippen LogP contribution in [0.1, 0.15) is 25.8 Å². The zero-order chi connectivity index (χ0) is 11.4. The summed E-state index contributed by atoms with van der Waals surface area (Å²) in [6.07, 6.45) is 1.84. The first-order valence-electron chi connectivity index (χ1n) is 6.05. The molecule has 1 aliphatic heterocycles. The van der Waals surface area contributed by atoms with E-state index in [1.165, 1.54) is 5.56 Å². The lowest BCUT2D eigenvalue weighted by Gasteiger charge is -2.40. The van der Waals surface area contributed by atoms with E-state index >= 15 is 0 Å². The van der Waals surface area contributed by atoms with Gasteiger partial charge in [-0.05, 0) is 12.0 Å². The van der Waals surface area contributed by atoms with Gasteiger partial charge in [0.2, 0.25) is 0 Å². The lowest BCUT2D eigenvalue weighted by atomic mass is 9.94. The van der Waals surface area contributed by atoms with E-state index in [2.05, 4.69) is 38.1 Å². The molecule has 1 fully saturated rings. The Balaban J connectivity index is 2.14. The zero-order valence-corrected chi connectivity index (χ0v) is 10.1. The summed E-state index contributed by atoms with van der Waals surface area (Å²) in [6, 6.07) is 10.4. The first-order chi connectivity index (χ1) is 7.73. The van der Waals surface area contributed by atoms with E-state index in [1.807, 2.05) is 6.07 Å². The highest BCUT2D eigenvalue weighted by Gasteiger charge is 2.38. The number of benzene rings is 1.